The van der Waals surface area contributed by atoms with Crippen molar-refractivity contribution in [2.75, 3.05) is 13.2 Å². The smallest absolute Gasteiger partial charge is 0.292 e. The summed E-state index contributed by atoms with van der Waals surface area (Å²) in [5.41, 5.74) is 2.22. The van der Waals surface area contributed by atoms with Gasteiger partial charge in [0.05, 0.1) is 0 Å². The van der Waals surface area contributed by atoms with Gasteiger partial charge in [0.15, 0.2) is 6.61 Å². The fraction of sp³-hybridized carbons (Fsp3) is 1.00. The van der Waals surface area contributed by atoms with Gasteiger partial charge in [-0.1, -0.05) is 13.8 Å². The molecule has 2 nitrogen and oxygen atoms in total. The Balaban J connectivity index is 3.15. The zero-order valence-electron chi connectivity index (χ0n) is 6.53. The summed E-state index contributed by atoms with van der Waals surface area (Å²) in [6.45, 7) is 2.95. The molecule has 11 heavy (non-hydrogen) atoms. The van der Waals surface area contributed by atoms with E-state index in [0.29, 0.717) is 6.54 Å². The van der Waals surface area contributed by atoms with E-state index < -0.39 is 12.8 Å². The molecule has 0 atom stereocenters. The maximum absolute atomic E-state index is 11.4. The van der Waals surface area contributed by atoms with Crippen molar-refractivity contribution in [3.63, 3.8) is 0 Å². The first-order valence-corrected chi connectivity index (χ1v) is 3.33. The van der Waals surface area contributed by atoms with Gasteiger partial charge in [-0.05, 0) is 5.92 Å². The fourth-order valence-electron chi connectivity index (χ4n) is 0.358. The summed E-state index contributed by atoms with van der Waals surface area (Å²) in [4.78, 5) is 4.13. The molecule has 0 aromatic carbocycles. The third kappa shape index (κ3) is 9.71. The summed E-state index contributed by atoms with van der Waals surface area (Å²) in [6.07, 6.45) is -4.25. The second kappa shape index (κ2) is 4.56. The lowest BCUT2D eigenvalue weighted by Gasteiger charge is -2.09. The van der Waals surface area contributed by atoms with E-state index in [-0.39, 0.29) is 5.92 Å². The molecular weight excluding hydrogens is 159 g/mol. The first kappa shape index (κ1) is 10.7. The molecular formula is C6H12F3NO. The predicted octanol–water partition coefficient (Wildman–Crippen LogP) is 1.73. The Labute approximate surface area is 63.7 Å². The average Bonchev–Trinajstić information content (AvgIpc) is 1.78. The molecule has 0 fully saturated rings. The third-order valence-electron chi connectivity index (χ3n) is 0.829. The number of rotatable bonds is 4. The molecule has 0 heterocycles. The quantitative estimate of drug-likeness (QED) is 0.513. The molecule has 0 aliphatic heterocycles. The Hall–Kier alpha value is -0.290. The van der Waals surface area contributed by atoms with Gasteiger partial charge in [0.1, 0.15) is 0 Å². The Morgan fingerprint density at radius 1 is 1.36 bits per heavy atom. The van der Waals surface area contributed by atoms with E-state index in [0.717, 1.165) is 0 Å². The van der Waals surface area contributed by atoms with E-state index in [1.54, 1.807) is 0 Å². The van der Waals surface area contributed by atoms with Crippen LogP contribution < -0.4 is 5.48 Å². The molecule has 1 N–H and O–H groups in total. The highest BCUT2D eigenvalue weighted by Crippen LogP contribution is 2.13. The van der Waals surface area contributed by atoms with Gasteiger partial charge < -0.3 is 0 Å². The lowest BCUT2D eigenvalue weighted by Crippen LogP contribution is -2.27. The van der Waals surface area contributed by atoms with Crippen LogP contribution in [0, 0.1) is 5.92 Å². The molecule has 0 aliphatic carbocycles. The van der Waals surface area contributed by atoms with Crippen LogP contribution >= 0.6 is 0 Å². The summed E-state index contributed by atoms with van der Waals surface area (Å²) >= 11 is 0. The molecule has 0 aromatic heterocycles. The number of alkyl halides is 3. The molecule has 5 heteroatoms. The zero-order valence-corrected chi connectivity index (χ0v) is 6.53. The van der Waals surface area contributed by atoms with E-state index in [1.165, 1.54) is 0 Å². The summed E-state index contributed by atoms with van der Waals surface area (Å²) in [7, 11) is 0. The third-order valence-corrected chi connectivity index (χ3v) is 0.829. The van der Waals surface area contributed by atoms with Gasteiger partial charge in [-0.3, -0.25) is 4.84 Å². The van der Waals surface area contributed by atoms with E-state index in [4.69, 9.17) is 0 Å². The predicted molar refractivity (Wildman–Crippen MR) is 34.8 cm³/mol. The zero-order chi connectivity index (χ0) is 8.91. The van der Waals surface area contributed by atoms with Crippen LogP contribution in [0.15, 0.2) is 0 Å². The number of nitrogens with one attached hydrogen (secondary N) is 1. The van der Waals surface area contributed by atoms with Crippen molar-refractivity contribution in [2.45, 2.75) is 20.0 Å². The normalized spacial score (nSPS) is 12.5. The first-order valence-electron chi connectivity index (χ1n) is 3.33. The first-order chi connectivity index (χ1) is 4.92. The van der Waals surface area contributed by atoms with Crippen LogP contribution in [0.1, 0.15) is 13.8 Å². The summed E-state index contributed by atoms with van der Waals surface area (Å²) in [6, 6.07) is 0. The number of hydrogen-bond donors (Lipinski definition) is 1. The van der Waals surface area contributed by atoms with E-state index in [2.05, 4.69) is 10.3 Å². The molecule has 0 rings (SSSR count). The molecule has 0 radical (unpaired) electrons. The monoisotopic (exact) mass is 171 g/mol. The van der Waals surface area contributed by atoms with Gasteiger partial charge >= 0.3 is 6.18 Å². The van der Waals surface area contributed by atoms with Crippen molar-refractivity contribution >= 4 is 0 Å². The van der Waals surface area contributed by atoms with Gasteiger partial charge in [0.25, 0.3) is 0 Å². The van der Waals surface area contributed by atoms with E-state index in [1.807, 2.05) is 13.8 Å². The van der Waals surface area contributed by atoms with Crippen LogP contribution in [0.2, 0.25) is 0 Å². The van der Waals surface area contributed by atoms with Gasteiger partial charge in [0, 0.05) is 6.54 Å². The molecule has 0 bridgehead atoms. The maximum Gasteiger partial charge on any atom is 0.413 e. The Morgan fingerprint density at radius 2 is 1.91 bits per heavy atom. The SMILES string of the molecule is CC(C)CNOCC(F)(F)F. The highest BCUT2D eigenvalue weighted by Gasteiger charge is 2.27. The summed E-state index contributed by atoms with van der Waals surface area (Å²) in [5, 5.41) is 0. The van der Waals surface area contributed by atoms with Gasteiger partial charge in [-0.25, -0.2) is 5.48 Å². The fourth-order valence-corrected chi connectivity index (χ4v) is 0.358. The van der Waals surface area contributed by atoms with Crippen LogP contribution in [-0.4, -0.2) is 19.3 Å². The van der Waals surface area contributed by atoms with Crippen LogP contribution in [0.5, 0.6) is 0 Å². The number of hydroxylamine groups is 1. The van der Waals surface area contributed by atoms with Crippen molar-refractivity contribution in [3.05, 3.63) is 0 Å². The molecule has 0 aliphatic rings. The van der Waals surface area contributed by atoms with Crippen LogP contribution in [0.4, 0.5) is 13.2 Å². The van der Waals surface area contributed by atoms with Crippen molar-refractivity contribution in [2.24, 2.45) is 5.92 Å². The van der Waals surface area contributed by atoms with E-state index in [9.17, 15) is 13.2 Å². The lowest BCUT2D eigenvalue weighted by atomic mass is 10.2. The Morgan fingerprint density at radius 3 is 2.27 bits per heavy atom. The van der Waals surface area contributed by atoms with Gasteiger partial charge in [0.2, 0.25) is 0 Å². The molecule has 0 unspecified atom stereocenters. The van der Waals surface area contributed by atoms with Crippen molar-refractivity contribution in [1.82, 2.24) is 5.48 Å². The van der Waals surface area contributed by atoms with Crippen molar-refractivity contribution in [3.8, 4) is 0 Å². The highest BCUT2D eigenvalue weighted by atomic mass is 19.4. The summed E-state index contributed by atoms with van der Waals surface area (Å²) in [5.74, 6) is 0.281. The topological polar surface area (TPSA) is 21.3 Å². The Bertz CT molecular complexity index is 102. The second-order valence-corrected chi connectivity index (χ2v) is 2.65. The van der Waals surface area contributed by atoms with Crippen molar-refractivity contribution < 1.29 is 18.0 Å². The molecule has 0 spiro atoms. The highest BCUT2D eigenvalue weighted by molar-refractivity contribution is 4.45. The molecule has 68 valence electrons. The molecule has 0 saturated heterocycles. The van der Waals surface area contributed by atoms with Gasteiger partial charge in [-0.2, -0.15) is 13.2 Å². The molecule has 0 saturated carbocycles. The minimum Gasteiger partial charge on any atom is -0.292 e. The summed E-state index contributed by atoms with van der Waals surface area (Å²) < 4.78 is 34.2. The largest absolute Gasteiger partial charge is 0.413 e. The van der Waals surface area contributed by atoms with Gasteiger partial charge in [-0.15, -0.1) is 0 Å². The molecule has 0 aromatic rings. The minimum absolute atomic E-state index is 0.281. The average molecular weight is 171 g/mol. The maximum atomic E-state index is 11.4. The second-order valence-electron chi connectivity index (χ2n) is 2.65. The standard InChI is InChI=1S/C6H12F3NO/c1-5(2)3-10-11-4-6(7,8)9/h5,10H,3-4H2,1-2H3. The van der Waals surface area contributed by atoms with Crippen LogP contribution in [0.25, 0.3) is 0 Å². The van der Waals surface area contributed by atoms with Crippen LogP contribution in [0.3, 0.4) is 0 Å². The minimum atomic E-state index is -4.25. The number of halogens is 3. The lowest BCUT2D eigenvalue weighted by molar-refractivity contribution is -0.190. The van der Waals surface area contributed by atoms with Crippen molar-refractivity contribution in [1.29, 1.82) is 0 Å². The van der Waals surface area contributed by atoms with E-state index >= 15 is 0 Å². The number of hydrogen-bond acceptors (Lipinski definition) is 2. The van der Waals surface area contributed by atoms with Crippen LogP contribution in [-0.2, 0) is 4.84 Å². The molecule has 0 amide bonds. The Kier molecular flexibility index (Phi) is 4.44.